The highest BCUT2D eigenvalue weighted by Gasteiger charge is 2.34. The molecule has 8 heteroatoms. The lowest BCUT2D eigenvalue weighted by Gasteiger charge is -2.11. The van der Waals surface area contributed by atoms with E-state index in [1.54, 1.807) is 25.3 Å². The lowest BCUT2D eigenvalue weighted by atomic mass is 10.1. The molecule has 1 fully saturated rings. The standard InChI is InChI=1S/C16H18ClNO5S/c1-21-6-4-5-18-15(19)13(24-16(18)20)9-10-7-11(17)14(23-3)12(8-10)22-2/h7-9H,4-6H2,1-3H3/b13-9+. The molecule has 24 heavy (non-hydrogen) atoms. The fourth-order valence-corrected chi connectivity index (χ4v) is 3.39. The zero-order chi connectivity index (χ0) is 17.7. The third-order valence-electron chi connectivity index (χ3n) is 3.36. The van der Waals surface area contributed by atoms with E-state index < -0.39 is 0 Å². The van der Waals surface area contributed by atoms with E-state index in [-0.39, 0.29) is 11.1 Å². The van der Waals surface area contributed by atoms with Gasteiger partial charge in [0, 0.05) is 20.3 Å². The van der Waals surface area contributed by atoms with Crippen LogP contribution in [0.1, 0.15) is 12.0 Å². The summed E-state index contributed by atoms with van der Waals surface area (Å²) in [5, 5.41) is 0.0800. The number of thioether (sulfide) groups is 1. The first-order valence-electron chi connectivity index (χ1n) is 7.17. The van der Waals surface area contributed by atoms with E-state index in [0.29, 0.717) is 46.6 Å². The number of methoxy groups -OCH3 is 3. The van der Waals surface area contributed by atoms with Crippen LogP contribution in [0, 0.1) is 0 Å². The molecule has 6 nitrogen and oxygen atoms in total. The van der Waals surface area contributed by atoms with E-state index in [9.17, 15) is 9.59 Å². The van der Waals surface area contributed by atoms with E-state index >= 15 is 0 Å². The Balaban J connectivity index is 2.24. The quantitative estimate of drug-likeness (QED) is 0.540. The van der Waals surface area contributed by atoms with Crippen molar-refractivity contribution in [3.8, 4) is 11.5 Å². The molecule has 1 aromatic rings. The third kappa shape index (κ3) is 4.03. The first kappa shape index (κ1) is 18.6. The van der Waals surface area contributed by atoms with Crippen molar-refractivity contribution >= 4 is 40.6 Å². The van der Waals surface area contributed by atoms with Crippen LogP contribution in [0.5, 0.6) is 11.5 Å². The lowest BCUT2D eigenvalue weighted by Crippen LogP contribution is -2.29. The van der Waals surface area contributed by atoms with Gasteiger partial charge in [-0.05, 0) is 42.0 Å². The highest BCUT2D eigenvalue weighted by atomic mass is 35.5. The minimum atomic E-state index is -0.313. The van der Waals surface area contributed by atoms with Gasteiger partial charge in [-0.3, -0.25) is 14.5 Å². The van der Waals surface area contributed by atoms with Crippen LogP contribution in [-0.2, 0) is 9.53 Å². The van der Waals surface area contributed by atoms with E-state index in [1.807, 2.05) is 0 Å². The monoisotopic (exact) mass is 371 g/mol. The van der Waals surface area contributed by atoms with Crippen LogP contribution in [-0.4, -0.2) is 50.5 Å². The van der Waals surface area contributed by atoms with Crippen LogP contribution in [0.2, 0.25) is 5.02 Å². The second-order valence-electron chi connectivity index (χ2n) is 4.92. The van der Waals surface area contributed by atoms with E-state index in [1.165, 1.54) is 19.1 Å². The Labute approximate surface area is 149 Å². The Kier molecular flexibility index (Phi) is 6.53. The summed E-state index contributed by atoms with van der Waals surface area (Å²) in [5.41, 5.74) is 0.653. The fourth-order valence-electron chi connectivity index (χ4n) is 2.23. The number of carbonyl (C=O) groups is 2. The van der Waals surface area contributed by atoms with Gasteiger partial charge in [-0.2, -0.15) is 0 Å². The van der Waals surface area contributed by atoms with Crippen molar-refractivity contribution in [3.05, 3.63) is 27.6 Å². The number of benzene rings is 1. The number of hydrogen-bond donors (Lipinski definition) is 0. The first-order chi connectivity index (χ1) is 11.5. The molecule has 1 saturated heterocycles. The van der Waals surface area contributed by atoms with Gasteiger partial charge in [0.05, 0.1) is 24.1 Å². The molecule has 1 aliphatic rings. The summed E-state index contributed by atoms with van der Waals surface area (Å²) in [4.78, 5) is 25.9. The Bertz CT molecular complexity index is 677. The van der Waals surface area contributed by atoms with Gasteiger partial charge in [-0.15, -0.1) is 0 Å². The van der Waals surface area contributed by atoms with Gasteiger partial charge in [0.25, 0.3) is 11.1 Å². The number of hydrogen-bond acceptors (Lipinski definition) is 6. The molecule has 130 valence electrons. The predicted molar refractivity (Wildman–Crippen MR) is 93.7 cm³/mol. The summed E-state index contributed by atoms with van der Waals surface area (Å²) in [5.74, 6) is 0.562. The fraction of sp³-hybridized carbons (Fsp3) is 0.375. The van der Waals surface area contributed by atoms with Gasteiger partial charge in [0.2, 0.25) is 0 Å². The first-order valence-corrected chi connectivity index (χ1v) is 8.37. The minimum absolute atomic E-state index is 0.283. The van der Waals surface area contributed by atoms with Crippen molar-refractivity contribution in [2.75, 3.05) is 34.5 Å². The summed E-state index contributed by atoms with van der Waals surface area (Å²) in [7, 11) is 4.57. The van der Waals surface area contributed by atoms with E-state index in [4.69, 9.17) is 25.8 Å². The maximum atomic E-state index is 12.4. The molecular weight excluding hydrogens is 354 g/mol. The summed E-state index contributed by atoms with van der Waals surface area (Å²) >= 11 is 7.07. The second kappa shape index (κ2) is 8.41. The van der Waals surface area contributed by atoms with Crippen LogP contribution in [0.3, 0.4) is 0 Å². The van der Waals surface area contributed by atoms with Gasteiger partial charge < -0.3 is 14.2 Å². The molecular formula is C16H18ClNO5S. The molecule has 0 aromatic heterocycles. The maximum absolute atomic E-state index is 12.4. The largest absolute Gasteiger partial charge is 0.493 e. The van der Waals surface area contributed by atoms with Crippen molar-refractivity contribution in [2.24, 2.45) is 0 Å². The zero-order valence-electron chi connectivity index (χ0n) is 13.6. The highest BCUT2D eigenvalue weighted by Crippen LogP contribution is 2.38. The van der Waals surface area contributed by atoms with Gasteiger partial charge in [-0.25, -0.2) is 0 Å². The number of amides is 2. The summed E-state index contributed by atoms with van der Waals surface area (Å²) in [6.45, 7) is 0.828. The Morgan fingerprint density at radius 3 is 2.58 bits per heavy atom. The third-order valence-corrected chi connectivity index (χ3v) is 4.55. The van der Waals surface area contributed by atoms with Crippen molar-refractivity contribution in [2.45, 2.75) is 6.42 Å². The molecule has 2 amide bonds. The molecule has 0 bridgehead atoms. The molecule has 0 radical (unpaired) electrons. The van der Waals surface area contributed by atoms with Crippen molar-refractivity contribution in [3.63, 3.8) is 0 Å². The van der Waals surface area contributed by atoms with E-state index in [0.717, 1.165) is 11.8 Å². The van der Waals surface area contributed by atoms with Crippen molar-refractivity contribution in [1.29, 1.82) is 0 Å². The van der Waals surface area contributed by atoms with Gasteiger partial charge in [-0.1, -0.05) is 11.6 Å². The lowest BCUT2D eigenvalue weighted by molar-refractivity contribution is -0.122. The predicted octanol–water partition coefficient (Wildman–Crippen LogP) is 3.43. The van der Waals surface area contributed by atoms with Crippen LogP contribution < -0.4 is 9.47 Å². The number of rotatable bonds is 7. The molecule has 0 spiro atoms. The number of nitrogens with zero attached hydrogens (tertiary/aromatic N) is 1. The van der Waals surface area contributed by atoms with Gasteiger partial charge in [0.15, 0.2) is 11.5 Å². The topological polar surface area (TPSA) is 65.1 Å². The van der Waals surface area contributed by atoms with Crippen LogP contribution in [0.25, 0.3) is 6.08 Å². The molecule has 1 aromatic carbocycles. The number of imide groups is 1. The van der Waals surface area contributed by atoms with Gasteiger partial charge in [0.1, 0.15) is 0 Å². The molecule has 2 rings (SSSR count). The van der Waals surface area contributed by atoms with Crippen LogP contribution in [0.15, 0.2) is 17.0 Å². The van der Waals surface area contributed by atoms with Crippen molar-refractivity contribution < 1.29 is 23.8 Å². The average Bonchev–Trinajstić information content (AvgIpc) is 2.81. The molecule has 0 aliphatic carbocycles. The summed E-state index contributed by atoms with van der Waals surface area (Å²) in [6.07, 6.45) is 2.22. The number of ether oxygens (including phenoxy) is 3. The highest BCUT2D eigenvalue weighted by molar-refractivity contribution is 8.18. The molecule has 0 unspecified atom stereocenters. The smallest absolute Gasteiger partial charge is 0.293 e. The van der Waals surface area contributed by atoms with Crippen LogP contribution in [0.4, 0.5) is 4.79 Å². The number of halogens is 1. The summed E-state index contributed by atoms with van der Waals surface area (Å²) in [6, 6.07) is 3.35. The summed E-state index contributed by atoms with van der Waals surface area (Å²) < 4.78 is 15.4. The Morgan fingerprint density at radius 1 is 1.21 bits per heavy atom. The Hall–Kier alpha value is -1.70. The Morgan fingerprint density at radius 2 is 1.96 bits per heavy atom. The SMILES string of the molecule is COCCCN1C(=O)S/C(=C/c2cc(Cl)c(OC)c(OC)c2)C1=O. The molecule has 0 atom stereocenters. The van der Waals surface area contributed by atoms with Crippen LogP contribution >= 0.6 is 23.4 Å². The maximum Gasteiger partial charge on any atom is 0.293 e. The van der Waals surface area contributed by atoms with Crippen molar-refractivity contribution in [1.82, 2.24) is 4.90 Å². The second-order valence-corrected chi connectivity index (χ2v) is 6.32. The van der Waals surface area contributed by atoms with Gasteiger partial charge >= 0.3 is 0 Å². The normalized spacial score (nSPS) is 16.2. The van der Waals surface area contributed by atoms with E-state index in [2.05, 4.69) is 0 Å². The molecule has 1 aliphatic heterocycles. The molecule has 0 N–H and O–H groups in total. The number of carbonyl (C=O) groups excluding carboxylic acids is 2. The minimum Gasteiger partial charge on any atom is -0.493 e. The molecule has 0 saturated carbocycles. The average molecular weight is 372 g/mol. The molecule has 1 heterocycles. The zero-order valence-corrected chi connectivity index (χ0v) is 15.2.